The van der Waals surface area contributed by atoms with E-state index in [1.54, 1.807) is 24.5 Å². The van der Waals surface area contributed by atoms with E-state index in [1.165, 1.54) is 5.56 Å². The summed E-state index contributed by atoms with van der Waals surface area (Å²) in [6.07, 6.45) is 9.03. The zero-order chi connectivity index (χ0) is 24.2. The Morgan fingerprint density at radius 3 is 2.83 bits per heavy atom. The van der Waals surface area contributed by atoms with Crippen LogP contribution in [0.3, 0.4) is 0 Å². The number of amides is 2. The predicted octanol–water partition coefficient (Wildman–Crippen LogP) is 2.90. The van der Waals surface area contributed by atoms with Gasteiger partial charge in [-0.05, 0) is 73.8 Å². The zero-order valence-electron chi connectivity index (χ0n) is 19.3. The minimum absolute atomic E-state index is 0.351. The Morgan fingerprint density at radius 2 is 2.09 bits per heavy atom. The van der Waals surface area contributed by atoms with Crippen molar-refractivity contribution >= 4 is 34.9 Å². The summed E-state index contributed by atoms with van der Waals surface area (Å²) in [5, 5.41) is 12.3. The maximum atomic E-state index is 11.8. The zero-order valence-corrected chi connectivity index (χ0v) is 20.1. The second kappa shape index (κ2) is 10.4. The number of rotatable bonds is 7. The van der Waals surface area contributed by atoms with Gasteiger partial charge >= 0.3 is 0 Å². The molecule has 0 spiro atoms. The number of hydrogen-bond donors (Lipinski definition) is 3. The van der Waals surface area contributed by atoms with Crippen LogP contribution in [-0.4, -0.2) is 55.9 Å². The normalized spacial score (nSPS) is 17.9. The van der Waals surface area contributed by atoms with Crippen LogP contribution in [0, 0.1) is 12.8 Å². The molecule has 2 saturated heterocycles. The maximum absolute atomic E-state index is 11.8. The SMILES string of the molecule is Cc1cc(CNCC2CCN(c3nccc(/C=C4\SC(=O)NC4=O)n3)CC2)nc(-c2cn[nH]c2)c1. The Bertz CT molecular complexity index is 1250. The first kappa shape index (κ1) is 23.2. The molecular weight excluding hydrogens is 464 g/mol. The number of aromatic nitrogens is 5. The van der Waals surface area contributed by atoms with E-state index in [1.807, 2.05) is 6.20 Å². The first-order chi connectivity index (χ1) is 17.0. The van der Waals surface area contributed by atoms with E-state index in [2.05, 4.69) is 54.8 Å². The Hall–Kier alpha value is -3.57. The number of imide groups is 1. The van der Waals surface area contributed by atoms with Crippen molar-refractivity contribution in [2.24, 2.45) is 5.92 Å². The highest BCUT2D eigenvalue weighted by Gasteiger charge is 2.25. The molecule has 2 aliphatic heterocycles. The standard InChI is InChI=1S/C24H26N8O2S/c1-15-8-19(29-20(9-15)17-12-27-28-13-17)14-25-11-16-3-6-32(7-4-16)23-26-5-2-18(30-23)10-21-22(33)31-24(34)35-21/h2,5,8-10,12-13,16,25H,3-4,6-7,11,14H2,1H3,(H,27,28)(H,31,33,34)/b21-10-. The van der Waals surface area contributed by atoms with E-state index in [4.69, 9.17) is 4.98 Å². The molecule has 0 aliphatic carbocycles. The number of nitrogens with one attached hydrogen (secondary N) is 3. The largest absolute Gasteiger partial charge is 0.341 e. The van der Waals surface area contributed by atoms with Crippen molar-refractivity contribution in [3.8, 4) is 11.3 Å². The molecule has 35 heavy (non-hydrogen) atoms. The van der Waals surface area contributed by atoms with Crippen LogP contribution in [0.4, 0.5) is 10.7 Å². The molecule has 3 aromatic rings. The Morgan fingerprint density at radius 1 is 1.23 bits per heavy atom. The van der Waals surface area contributed by atoms with Crippen LogP contribution in [0.5, 0.6) is 0 Å². The van der Waals surface area contributed by atoms with E-state index >= 15 is 0 Å². The van der Waals surface area contributed by atoms with Gasteiger partial charge in [-0.1, -0.05) is 0 Å². The second-order valence-electron chi connectivity index (χ2n) is 8.70. The molecule has 3 N–H and O–H groups in total. The lowest BCUT2D eigenvalue weighted by Crippen LogP contribution is -2.38. The number of carbonyl (C=O) groups is 2. The highest BCUT2D eigenvalue weighted by Crippen LogP contribution is 2.26. The first-order valence-corrected chi connectivity index (χ1v) is 12.4. The quantitative estimate of drug-likeness (QED) is 0.428. The number of piperidine rings is 1. The molecule has 3 aromatic heterocycles. The minimum atomic E-state index is -0.382. The van der Waals surface area contributed by atoms with Crippen LogP contribution in [0.1, 0.15) is 29.8 Å². The predicted molar refractivity (Wildman–Crippen MR) is 134 cm³/mol. The van der Waals surface area contributed by atoms with E-state index in [0.717, 1.165) is 67.7 Å². The molecule has 2 amide bonds. The monoisotopic (exact) mass is 490 g/mol. The van der Waals surface area contributed by atoms with Gasteiger partial charge < -0.3 is 10.2 Å². The van der Waals surface area contributed by atoms with Gasteiger partial charge in [-0.3, -0.25) is 25.0 Å². The maximum Gasteiger partial charge on any atom is 0.290 e. The molecule has 5 rings (SSSR count). The van der Waals surface area contributed by atoms with E-state index in [0.29, 0.717) is 22.5 Å². The number of carbonyl (C=O) groups excluding carboxylic acids is 2. The molecule has 2 aliphatic rings. The highest BCUT2D eigenvalue weighted by atomic mass is 32.2. The Kier molecular flexibility index (Phi) is 6.87. The fraction of sp³-hybridized carbons (Fsp3) is 0.333. The number of aromatic amines is 1. The van der Waals surface area contributed by atoms with Crippen molar-refractivity contribution in [2.75, 3.05) is 24.5 Å². The van der Waals surface area contributed by atoms with Gasteiger partial charge in [0.2, 0.25) is 5.95 Å². The molecule has 0 bridgehead atoms. The van der Waals surface area contributed by atoms with Crippen molar-refractivity contribution in [1.82, 2.24) is 35.8 Å². The lowest BCUT2D eigenvalue weighted by atomic mass is 9.97. The summed E-state index contributed by atoms with van der Waals surface area (Å²) < 4.78 is 0. The molecule has 5 heterocycles. The van der Waals surface area contributed by atoms with Crippen molar-refractivity contribution in [3.63, 3.8) is 0 Å². The molecule has 10 nitrogen and oxygen atoms in total. The Labute approximate surface area is 207 Å². The van der Waals surface area contributed by atoms with Crippen LogP contribution in [0.2, 0.25) is 0 Å². The van der Waals surface area contributed by atoms with Gasteiger partial charge in [-0.25, -0.2) is 9.97 Å². The third-order valence-corrected chi connectivity index (χ3v) is 6.85. The molecular formula is C24H26N8O2S. The summed E-state index contributed by atoms with van der Waals surface area (Å²) in [4.78, 5) is 39.5. The fourth-order valence-electron chi connectivity index (χ4n) is 4.26. The topological polar surface area (TPSA) is 129 Å². The van der Waals surface area contributed by atoms with Gasteiger partial charge in [0.1, 0.15) is 0 Å². The molecule has 0 radical (unpaired) electrons. The van der Waals surface area contributed by atoms with E-state index in [9.17, 15) is 9.59 Å². The summed E-state index contributed by atoms with van der Waals surface area (Å²) in [5.74, 6) is 0.836. The van der Waals surface area contributed by atoms with Gasteiger partial charge in [-0.2, -0.15) is 5.10 Å². The van der Waals surface area contributed by atoms with Crippen LogP contribution in [-0.2, 0) is 11.3 Å². The summed E-state index contributed by atoms with van der Waals surface area (Å²) >= 11 is 0.889. The number of anilines is 1. The molecule has 2 fully saturated rings. The highest BCUT2D eigenvalue weighted by molar-refractivity contribution is 8.18. The third kappa shape index (κ3) is 5.75. The van der Waals surface area contributed by atoms with Crippen molar-refractivity contribution < 1.29 is 9.59 Å². The average molecular weight is 491 g/mol. The summed E-state index contributed by atoms with van der Waals surface area (Å²) in [6.45, 7) is 5.47. The van der Waals surface area contributed by atoms with Gasteiger partial charge in [-0.15, -0.1) is 0 Å². The number of H-pyrrole nitrogens is 1. The summed E-state index contributed by atoms with van der Waals surface area (Å²) in [7, 11) is 0. The molecule has 0 saturated carbocycles. The second-order valence-corrected chi connectivity index (χ2v) is 9.72. The first-order valence-electron chi connectivity index (χ1n) is 11.5. The summed E-state index contributed by atoms with van der Waals surface area (Å²) in [5.41, 5.74) is 4.74. The number of pyridine rings is 1. The third-order valence-electron chi connectivity index (χ3n) is 6.04. The lowest BCUT2D eigenvalue weighted by molar-refractivity contribution is -0.115. The van der Waals surface area contributed by atoms with Crippen LogP contribution >= 0.6 is 11.8 Å². The van der Waals surface area contributed by atoms with Crippen LogP contribution in [0.25, 0.3) is 17.3 Å². The van der Waals surface area contributed by atoms with Gasteiger partial charge in [0, 0.05) is 37.6 Å². The lowest BCUT2D eigenvalue weighted by Gasteiger charge is -2.32. The van der Waals surface area contributed by atoms with Gasteiger partial charge in [0.05, 0.1) is 28.2 Å². The average Bonchev–Trinajstić information content (AvgIpc) is 3.49. The molecule has 0 unspecified atom stereocenters. The van der Waals surface area contributed by atoms with Gasteiger partial charge in [0.15, 0.2) is 0 Å². The van der Waals surface area contributed by atoms with Crippen molar-refractivity contribution in [1.29, 1.82) is 0 Å². The van der Waals surface area contributed by atoms with Crippen molar-refractivity contribution in [2.45, 2.75) is 26.3 Å². The van der Waals surface area contributed by atoms with Gasteiger partial charge in [0.25, 0.3) is 11.1 Å². The van der Waals surface area contributed by atoms with Crippen molar-refractivity contribution in [3.05, 3.63) is 58.6 Å². The molecule has 11 heteroatoms. The molecule has 0 atom stereocenters. The number of aryl methyl sites for hydroxylation is 1. The fourth-order valence-corrected chi connectivity index (χ4v) is 4.93. The number of nitrogens with zero attached hydrogens (tertiary/aromatic N) is 5. The van der Waals surface area contributed by atoms with Crippen LogP contribution < -0.4 is 15.5 Å². The van der Waals surface area contributed by atoms with E-state index < -0.39 is 0 Å². The number of thioether (sulfide) groups is 1. The number of hydrogen-bond acceptors (Lipinski definition) is 9. The smallest absolute Gasteiger partial charge is 0.290 e. The minimum Gasteiger partial charge on any atom is -0.341 e. The molecule has 0 aromatic carbocycles. The molecule has 180 valence electrons. The van der Waals surface area contributed by atoms with E-state index in [-0.39, 0.29) is 11.1 Å². The Balaban J connectivity index is 1.12. The van der Waals surface area contributed by atoms with Crippen LogP contribution in [0.15, 0.2) is 41.7 Å². The summed E-state index contributed by atoms with van der Waals surface area (Å²) in [6, 6.07) is 5.92.